The van der Waals surface area contributed by atoms with Crippen LogP contribution in [0, 0.1) is 5.41 Å². The Balaban J connectivity index is 1.26. The fraction of sp³-hybridized carbons (Fsp3) is 0.429. The van der Waals surface area contributed by atoms with Crippen LogP contribution in [0.2, 0.25) is 0 Å². The smallest absolute Gasteiger partial charge is 0.181 e. The van der Waals surface area contributed by atoms with Gasteiger partial charge in [0.15, 0.2) is 18.4 Å². The molecule has 1 saturated heterocycles. The highest BCUT2D eigenvalue weighted by atomic mass is 16.5. The van der Waals surface area contributed by atoms with Crippen LogP contribution in [0.25, 0.3) is 11.3 Å². The van der Waals surface area contributed by atoms with Crippen molar-refractivity contribution in [2.24, 2.45) is 0 Å². The van der Waals surface area contributed by atoms with Crippen molar-refractivity contribution in [3.63, 3.8) is 0 Å². The van der Waals surface area contributed by atoms with Crippen LogP contribution >= 0.6 is 0 Å². The van der Waals surface area contributed by atoms with E-state index in [9.17, 15) is 10.2 Å². The molecule has 2 aromatic carbocycles. The first-order valence-corrected chi connectivity index (χ1v) is 12.8. The zero-order valence-corrected chi connectivity index (χ0v) is 22.2. The summed E-state index contributed by atoms with van der Waals surface area (Å²) in [7, 11) is 1.56. The van der Waals surface area contributed by atoms with Crippen LogP contribution < -0.4 is 15.4 Å². The summed E-state index contributed by atoms with van der Waals surface area (Å²) in [6.45, 7) is 9.28. The molecule has 4 rings (SSSR count). The third-order valence-corrected chi connectivity index (χ3v) is 6.74. The predicted octanol–water partition coefficient (Wildman–Crippen LogP) is 2.58. The van der Waals surface area contributed by atoms with Gasteiger partial charge in [0.1, 0.15) is 12.0 Å². The molecule has 5 N–H and O–H groups in total. The minimum Gasteiger partial charge on any atom is -0.496 e. The fourth-order valence-electron chi connectivity index (χ4n) is 4.83. The number of aliphatic hydroxyl groups is 2. The molecule has 0 amide bonds. The standard InChI is InChI=1S/C28H38N6O4/c1-28(2,18-34-12-10-33(11-13-34)17-21-7-5-4-6-20(21)15-29)32-27(36)26(35)31-22-8-9-23(24(14-22)37-3)25-16-30-19-38-25/h4-9,14-16,19,26-27,29,31-32,35-36H,10-13,17-18H2,1-3H3. The molecule has 1 aliphatic rings. The maximum Gasteiger partial charge on any atom is 0.181 e. The summed E-state index contributed by atoms with van der Waals surface area (Å²) >= 11 is 0. The number of aliphatic hydroxyl groups excluding tert-OH is 2. The van der Waals surface area contributed by atoms with Crippen LogP contribution in [0.15, 0.2) is 59.5 Å². The molecule has 0 saturated carbocycles. The molecule has 10 heteroatoms. The van der Waals surface area contributed by atoms with Gasteiger partial charge in [-0.1, -0.05) is 24.3 Å². The first-order chi connectivity index (χ1) is 18.3. The summed E-state index contributed by atoms with van der Waals surface area (Å²) in [5.74, 6) is 1.14. The second-order valence-corrected chi connectivity index (χ2v) is 10.2. The van der Waals surface area contributed by atoms with E-state index >= 15 is 0 Å². The van der Waals surface area contributed by atoms with E-state index in [4.69, 9.17) is 14.6 Å². The van der Waals surface area contributed by atoms with Gasteiger partial charge in [-0.2, -0.15) is 0 Å². The van der Waals surface area contributed by atoms with E-state index in [0.717, 1.165) is 50.4 Å². The van der Waals surface area contributed by atoms with Crippen molar-refractivity contribution in [2.75, 3.05) is 45.2 Å². The lowest BCUT2D eigenvalue weighted by molar-refractivity contribution is -0.0111. The number of hydrogen-bond donors (Lipinski definition) is 5. The summed E-state index contributed by atoms with van der Waals surface area (Å²) in [6, 6.07) is 13.4. The van der Waals surface area contributed by atoms with Crippen LogP contribution in [0.3, 0.4) is 0 Å². The normalized spacial score (nSPS) is 16.7. The summed E-state index contributed by atoms with van der Waals surface area (Å²) in [4.78, 5) is 8.71. The average Bonchev–Trinajstić information content (AvgIpc) is 3.44. The van der Waals surface area contributed by atoms with Crippen molar-refractivity contribution in [3.8, 4) is 17.1 Å². The van der Waals surface area contributed by atoms with Crippen LogP contribution in [-0.4, -0.2) is 89.0 Å². The number of oxazole rings is 1. The largest absolute Gasteiger partial charge is 0.496 e. The van der Waals surface area contributed by atoms with Gasteiger partial charge in [-0.25, -0.2) is 4.98 Å². The van der Waals surface area contributed by atoms with E-state index in [1.165, 1.54) is 18.2 Å². The number of nitrogens with zero attached hydrogens (tertiary/aromatic N) is 3. The van der Waals surface area contributed by atoms with Gasteiger partial charge in [0.25, 0.3) is 0 Å². The van der Waals surface area contributed by atoms with Gasteiger partial charge in [-0.05, 0) is 37.1 Å². The van der Waals surface area contributed by atoms with Crippen LogP contribution in [-0.2, 0) is 6.54 Å². The summed E-state index contributed by atoms with van der Waals surface area (Å²) in [5.41, 5.74) is 3.03. The molecule has 1 fully saturated rings. The molecule has 0 radical (unpaired) electrons. The maximum atomic E-state index is 10.7. The molecule has 0 spiro atoms. The second kappa shape index (κ2) is 12.5. The number of methoxy groups -OCH3 is 1. The SMILES string of the molecule is COc1cc(NC(O)C(O)NC(C)(C)CN2CCN(Cc3ccccc3C=N)CC2)ccc1-c1cnco1. The van der Waals surface area contributed by atoms with Gasteiger partial charge in [-0.3, -0.25) is 15.1 Å². The molecular formula is C28H38N6O4. The number of aromatic nitrogens is 1. The molecule has 2 unspecified atom stereocenters. The second-order valence-electron chi connectivity index (χ2n) is 10.2. The van der Waals surface area contributed by atoms with Gasteiger partial charge in [-0.15, -0.1) is 0 Å². The highest BCUT2D eigenvalue weighted by Crippen LogP contribution is 2.32. The van der Waals surface area contributed by atoms with E-state index < -0.39 is 18.0 Å². The number of ether oxygens (including phenoxy) is 1. The van der Waals surface area contributed by atoms with E-state index in [-0.39, 0.29) is 0 Å². The number of nitrogens with one attached hydrogen (secondary N) is 3. The summed E-state index contributed by atoms with van der Waals surface area (Å²) in [5, 5.41) is 35.1. The topological polar surface area (TPSA) is 130 Å². The monoisotopic (exact) mass is 522 g/mol. The van der Waals surface area contributed by atoms with E-state index in [0.29, 0.717) is 17.2 Å². The summed E-state index contributed by atoms with van der Waals surface area (Å²) < 4.78 is 10.8. The molecule has 38 heavy (non-hydrogen) atoms. The lowest BCUT2D eigenvalue weighted by Crippen LogP contribution is -2.59. The molecule has 0 bridgehead atoms. The third-order valence-electron chi connectivity index (χ3n) is 6.74. The number of hydrogen-bond acceptors (Lipinski definition) is 10. The predicted molar refractivity (Wildman–Crippen MR) is 147 cm³/mol. The third kappa shape index (κ3) is 7.18. The van der Waals surface area contributed by atoms with Crippen LogP contribution in [0.4, 0.5) is 5.69 Å². The van der Waals surface area contributed by atoms with Crippen molar-refractivity contribution >= 4 is 11.9 Å². The zero-order valence-electron chi connectivity index (χ0n) is 22.2. The molecule has 2 atom stereocenters. The number of piperazine rings is 1. The minimum absolute atomic E-state index is 0.440. The molecule has 3 aromatic rings. The van der Waals surface area contributed by atoms with E-state index in [1.54, 1.807) is 25.4 Å². The van der Waals surface area contributed by atoms with Gasteiger partial charge in [0.05, 0.1) is 18.9 Å². The maximum absolute atomic E-state index is 10.7. The van der Waals surface area contributed by atoms with Gasteiger partial charge >= 0.3 is 0 Å². The highest BCUT2D eigenvalue weighted by Gasteiger charge is 2.29. The minimum atomic E-state index is -1.24. The molecule has 204 valence electrons. The van der Waals surface area contributed by atoms with Crippen LogP contribution in [0.1, 0.15) is 25.0 Å². The van der Waals surface area contributed by atoms with Gasteiger partial charge in [0.2, 0.25) is 0 Å². The first kappa shape index (κ1) is 27.7. The Morgan fingerprint density at radius 1 is 1.11 bits per heavy atom. The Morgan fingerprint density at radius 3 is 2.53 bits per heavy atom. The number of anilines is 1. The van der Waals surface area contributed by atoms with Gasteiger partial charge < -0.3 is 30.1 Å². The lowest BCUT2D eigenvalue weighted by Gasteiger charge is -2.40. The summed E-state index contributed by atoms with van der Waals surface area (Å²) in [6.07, 6.45) is 1.95. The zero-order chi connectivity index (χ0) is 27.1. The molecule has 1 aromatic heterocycles. The number of rotatable bonds is 12. The first-order valence-electron chi connectivity index (χ1n) is 12.8. The van der Waals surface area contributed by atoms with Gasteiger partial charge in [0, 0.05) is 62.8 Å². The van der Waals surface area contributed by atoms with Crippen molar-refractivity contribution in [1.29, 1.82) is 5.41 Å². The van der Waals surface area contributed by atoms with E-state index in [2.05, 4.69) is 31.5 Å². The highest BCUT2D eigenvalue weighted by molar-refractivity contribution is 5.79. The lowest BCUT2D eigenvalue weighted by atomic mass is 10.0. The quantitative estimate of drug-likeness (QED) is 0.180. The Hall–Kier alpha value is -3.28. The average molecular weight is 523 g/mol. The van der Waals surface area contributed by atoms with Crippen LogP contribution in [0.5, 0.6) is 5.75 Å². The van der Waals surface area contributed by atoms with Crippen molar-refractivity contribution in [3.05, 3.63) is 66.2 Å². The molecule has 10 nitrogen and oxygen atoms in total. The molecule has 1 aliphatic heterocycles. The Bertz CT molecular complexity index is 1180. The Morgan fingerprint density at radius 2 is 1.84 bits per heavy atom. The molecule has 0 aliphatic carbocycles. The molecular weight excluding hydrogens is 484 g/mol. The Labute approximate surface area is 223 Å². The molecule has 2 heterocycles. The fourth-order valence-corrected chi connectivity index (χ4v) is 4.83. The van der Waals surface area contributed by atoms with E-state index in [1.807, 2.05) is 38.1 Å². The van der Waals surface area contributed by atoms with Crippen molar-refractivity contribution in [1.82, 2.24) is 20.1 Å². The number of benzene rings is 2. The Kier molecular flexibility index (Phi) is 9.13. The van der Waals surface area contributed by atoms with Crippen molar-refractivity contribution < 1.29 is 19.4 Å². The van der Waals surface area contributed by atoms with Crippen molar-refractivity contribution in [2.45, 2.75) is 38.4 Å².